The molecule has 0 saturated heterocycles. The summed E-state index contributed by atoms with van der Waals surface area (Å²) in [6.07, 6.45) is 3.17. The second-order valence-electron chi connectivity index (χ2n) is 1.92. The SMILES string of the molecule is C[S-].C[S-].[Cr+6].[Cr+6].[N-]=O.[N-]=O.c1cc[cH-]c1.c1cc[cH-]c1. The number of hydrogen-bond acceptors (Lipinski definition) is 4. The summed E-state index contributed by atoms with van der Waals surface area (Å²) in [5.41, 5.74) is 11.5. The summed E-state index contributed by atoms with van der Waals surface area (Å²) >= 11 is 8.17. The van der Waals surface area contributed by atoms with E-state index in [1.165, 1.54) is 0 Å². The van der Waals surface area contributed by atoms with Crippen molar-refractivity contribution in [3.8, 4) is 0 Å². The topological polar surface area (TPSA) is 78.7 Å². The molecular weight excluding hydrogens is 372 g/mol. The van der Waals surface area contributed by atoms with Gasteiger partial charge in [0.1, 0.15) is 0 Å². The summed E-state index contributed by atoms with van der Waals surface area (Å²) in [5.74, 6) is 0. The van der Waals surface area contributed by atoms with Crippen LogP contribution in [0.1, 0.15) is 0 Å². The minimum Gasteiger partial charge on any atom is -0.796 e. The number of nitrogens with zero attached hydrogens (tertiary/aromatic N) is 2. The molecule has 0 unspecified atom stereocenters. The fraction of sp³-hybridized carbons (Fsp3) is 0.167. The first-order valence-corrected chi connectivity index (χ1v) is 6.15. The Balaban J connectivity index is -0.0000000311. The minimum atomic E-state index is 0. The Morgan fingerprint density at radius 1 is 0.600 bits per heavy atom. The first-order chi connectivity index (χ1) is 9.00. The van der Waals surface area contributed by atoms with Crippen LogP contribution >= 0.6 is 0 Å². The third-order valence-electron chi connectivity index (χ3n) is 1.11. The van der Waals surface area contributed by atoms with Crippen molar-refractivity contribution in [3.05, 3.63) is 81.7 Å². The van der Waals surface area contributed by atoms with Crippen LogP contribution in [-0.2, 0) is 60.0 Å². The van der Waals surface area contributed by atoms with E-state index in [0.29, 0.717) is 0 Å². The first-order valence-electron chi connectivity index (χ1n) is 4.51. The number of rotatable bonds is 0. The summed E-state index contributed by atoms with van der Waals surface area (Å²) in [6, 6.07) is 20.0. The second kappa shape index (κ2) is 62.4. The summed E-state index contributed by atoms with van der Waals surface area (Å²) in [4.78, 5) is 14.5. The van der Waals surface area contributed by atoms with E-state index in [4.69, 9.17) is 21.0 Å². The van der Waals surface area contributed by atoms with Crippen molar-refractivity contribution in [1.29, 1.82) is 0 Å². The molecule has 0 heterocycles. The van der Waals surface area contributed by atoms with Gasteiger partial charge in [-0.1, -0.05) is 0 Å². The molecule has 20 heavy (non-hydrogen) atoms. The fourth-order valence-corrected chi connectivity index (χ4v) is 0.642. The molecule has 0 amide bonds. The Morgan fingerprint density at radius 2 is 0.750 bits per heavy atom. The van der Waals surface area contributed by atoms with E-state index >= 15 is 0 Å². The average molecular weight is 388 g/mol. The summed E-state index contributed by atoms with van der Waals surface area (Å²) < 4.78 is 0. The van der Waals surface area contributed by atoms with E-state index in [9.17, 15) is 0 Å². The van der Waals surface area contributed by atoms with Gasteiger partial charge in [-0.05, 0) is 0 Å². The van der Waals surface area contributed by atoms with Crippen molar-refractivity contribution in [2.24, 2.45) is 0 Å². The van der Waals surface area contributed by atoms with Crippen LogP contribution in [0.4, 0.5) is 0 Å². The van der Waals surface area contributed by atoms with Gasteiger partial charge in [0.25, 0.3) is 0 Å². The van der Waals surface area contributed by atoms with E-state index < -0.39 is 0 Å². The molecule has 0 spiro atoms. The van der Waals surface area contributed by atoms with Crippen LogP contribution in [0.5, 0.6) is 0 Å². The Bertz CT molecular complexity index is 198. The van der Waals surface area contributed by atoms with Gasteiger partial charge in [0.2, 0.25) is 0 Å². The monoisotopic (exact) mass is 388 g/mol. The third-order valence-corrected chi connectivity index (χ3v) is 1.11. The van der Waals surface area contributed by atoms with Crippen LogP contribution in [0, 0.1) is 9.81 Å². The molecule has 0 aliphatic carbocycles. The molecule has 0 saturated carbocycles. The quantitative estimate of drug-likeness (QED) is 0.508. The van der Waals surface area contributed by atoms with Crippen LogP contribution in [0.3, 0.4) is 0 Å². The maximum Gasteiger partial charge on any atom is 6.00 e. The van der Waals surface area contributed by atoms with Crippen molar-refractivity contribution < 1.29 is 34.7 Å². The molecule has 2 aromatic rings. The van der Waals surface area contributed by atoms with Crippen molar-refractivity contribution >= 4 is 25.3 Å². The van der Waals surface area contributed by atoms with Crippen LogP contribution in [-0.4, -0.2) is 12.5 Å². The smallest absolute Gasteiger partial charge is 0.796 e. The van der Waals surface area contributed by atoms with Crippen molar-refractivity contribution in [1.82, 2.24) is 0 Å². The molecule has 0 aliphatic rings. The molecule has 2 rings (SSSR count). The summed E-state index contributed by atoms with van der Waals surface area (Å²) in [7, 11) is 0. The Kier molecular flexibility index (Phi) is 114. The first kappa shape index (κ1) is 36.7. The van der Waals surface area contributed by atoms with Gasteiger partial charge < -0.3 is 46.3 Å². The van der Waals surface area contributed by atoms with Crippen molar-refractivity contribution in [3.63, 3.8) is 0 Å². The van der Waals surface area contributed by atoms with Crippen LogP contribution in [0.2, 0.25) is 0 Å². The van der Waals surface area contributed by atoms with Gasteiger partial charge in [0.05, 0.1) is 0 Å². The standard InChI is InChI=1S/2C5H5.2CH4S.2Cr.2NO/c2*1-2-4-5-3-1;2*1-2;;;2*1-2/h2*1-5H;2*2H,1H3;;;;/q2*-1;;;2*+6;2*-1/p-2. The molecule has 4 nitrogen and oxygen atoms in total. The molecule has 0 aliphatic heterocycles. The summed E-state index contributed by atoms with van der Waals surface area (Å²) in [5, 5.41) is 0. The van der Waals surface area contributed by atoms with Gasteiger partial charge in [0, 0.05) is 0 Å². The maximum atomic E-state index is 7.25. The van der Waals surface area contributed by atoms with E-state index in [-0.39, 0.29) is 34.7 Å². The van der Waals surface area contributed by atoms with Crippen molar-refractivity contribution in [2.75, 3.05) is 12.5 Å². The number of nitroso groups, excluding NO2 is 2. The van der Waals surface area contributed by atoms with E-state index in [0.717, 1.165) is 0 Å². The van der Waals surface area contributed by atoms with Crippen molar-refractivity contribution in [2.45, 2.75) is 0 Å². The molecule has 2 aromatic carbocycles. The fourth-order valence-electron chi connectivity index (χ4n) is 0.642. The normalized spacial score (nSPS) is 5.00. The third kappa shape index (κ3) is 52.5. The van der Waals surface area contributed by atoms with E-state index in [2.05, 4.69) is 25.3 Å². The predicted molar refractivity (Wildman–Crippen MR) is 84.1 cm³/mol. The molecule has 0 N–H and O–H groups in total. The zero-order chi connectivity index (χ0) is 15.1. The van der Waals surface area contributed by atoms with E-state index in [1.807, 2.05) is 60.7 Å². The molecule has 104 valence electrons. The van der Waals surface area contributed by atoms with Gasteiger partial charge in [-0.3, -0.25) is 0 Å². The second-order valence-corrected chi connectivity index (χ2v) is 1.92. The largest absolute Gasteiger partial charge is 6.00 e. The minimum absolute atomic E-state index is 0. The Labute approximate surface area is 153 Å². The predicted octanol–water partition coefficient (Wildman–Crippen LogP) is 3.78. The summed E-state index contributed by atoms with van der Waals surface area (Å²) in [6.45, 7) is 0. The molecule has 0 bridgehead atoms. The Morgan fingerprint density at radius 3 is 0.800 bits per heavy atom. The molecule has 0 aromatic heterocycles. The van der Waals surface area contributed by atoms with E-state index in [1.54, 1.807) is 12.5 Å². The zero-order valence-electron chi connectivity index (χ0n) is 11.1. The van der Waals surface area contributed by atoms with Gasteiger partial charge in [-0.15, -0.1) is 0 Å². The van der Waals surface area contributed by atoms with Crippen LogP contribution in [0.25, 0.3) is 11.2 Å². The van der Waals surface area contributed by atoms with Gasteiger partial charge in [-0.2, -0.15) is 48.9 Å². The molecule has 0 radical (unpaired) electrons. The zero-order valence-corrected chi connectivity index (χ0v) is 15.3. The van der Waals surface area contributed by atoms with Crippen LogP contribution in [0.15, 0.2) is 60.7 Å². The molecule has 0 fully saturated rings. The Hall–Kier alpha value is -0.335. The maximum absolute atomic E-state index is 7.25. The average Bonchev–Trinajstić information content (AvgIpc) is 3.25. The van der Waals surface area contributed by atoms with Gasteiger partial charge in [0.15, 0.2) is 0 Å². The van der Waals surface area contributed by atoms with Crippen LogP contribution < -0.4 is 0 Å². The molecular formula is C12H16Cr2N2O2S2+6. The molecule has 0 atom stereocenters. The van der Waals surface area contributed by atoms with Gasteiger partial charge in [-0.25, -0.2) is 24.3 Å². The number of hydrogen-bond donors (Lipinski definition) is 0. The molecule has 8 heteroatoms. The van der Waals surface area contributed by atoms with Gasteiger partial charge >= 0.3 is 34.7 Å².